The number of carboxylic acids is 1. The third-order valence-corrected chi connectivity index (χ3v) is 2.45. The first-order chi connectivity index (χ1) is 7.38. The van der Waals surface area contributed by atoms with Gasteiger partial charge < -0.3 is 5.11 Å². The van der Waals surface area contributed by atoms with Crippen molar-refractivity contribution in [2.45, 2.75) is 12.5 Å². The van der Waals surface area contributed by atoms with Crippen LogP contribution < -0.4 is 4.72 Å². The van der Waals surface area contributed by atoms with Crippen LogP contribution in [0.1, 0.15) is 5.56 Å². The number of hydrogen-bond donors (Lipinski definition) is 3. The van der Waals surface area contributed by atoms with E-state index in [0.29, 0.717) is 5.56 Å². The molecular formula is C9H11NO5S. The molecule has 0 aliphatic heterocycles. The summed E-state index contributed by atoms with van der Waals surface area (Å²) in [5.41, 5.74) is 0.658. The zero-order valence-electron chi connectivity index (χ0n) is 8.20. The SMILES string of the molecule is O=C(O)[C@H](Cc1ccccc1)NS(=O)(=O)O. The summed E-state index contributed by atoms with van der Waals surface area (Å²) in [4.78, 5) is 10.7. The van der Waals surface area contributed by atoms with Crippen LogP contribution in [0.4, 0.5) is 0 Å². The van der Waals surface area contributed by atoms with Gasteiger partial charge in [-0.1, -0.05) is 30.3 Å². The Balaban J connectivity index is 2.77. The van der Waals surface area contributed by atoms with Crippen molar-refractivity contribution >= 4 is 16.3 Å². The molecule has 1 atom stereocenters. The zero-order chi connectivity index (χ0) is 12.2. The monoisotopic (exact) mass is 245 g/mol. The van der Waals surface area contributed by atoms with Crippen molar-refractivity contribution in [3.63, 3.8) is 0 Å². The van der Waals surface area contributed by atoms with Gasteiger partial charge in [0.05, 0.1) is 0 Å². The Morgan fingerprint density at radius 1 is 1.31 bits per heavy atom. The second-order valence-corrected chi connectivity index (χ2v) is 4.36. The molecule has 0 spiro atoms. The minimum absolute atomic E-state index is 0.0318. The largest absolute Gasteiger partial charge is 0.480 e. The van der Waals surface area contributed by atoms with Gasteiger partial charge in [-0.05, 0) is 12.0 Å². The normalized spacial score (nSPS) is 13.3. The minimum Gasteiger partial charge on any atom is -0.480 e. The molecule has 1 aromatic carbocycles. The van der Waals surface area contributed by atoms with E-state index in [1.165, 1.54) is 0 Å². The number of benzene rings is 1. The third kappa shape index (κ3) is 4.39. The Hall–Kier alpha value is -1.44. The summed E-state index contributed by atoms with van der Waals surface area (Å²) in [5.74, 6) is -1.35. The average molecular weight is 245 g/mol. The Kier molecular flexibility index (Phi) is 3.99. The minimum atomic E-state index is -4.52. The van der Waals surface area contributed by atoms with Crippen LogP contribution in [0.3, 0.4) is 0 Å². The van der Waals surface area contributed by atoms with Crippen LogP contribution in [0, 0.1) is 0 Å². The van der Waals surface area contributed by atoms with Crippen LogP contribution in [0.2, 0.25) is 0 Å². The molecule has 16 heavy (non-hydrogen) atoms. The summed E-state index contributed by atoms with van der Waals surface area (Å²) in [6.07, 6.45) is -0.0318. The van der Waals surface area contributed by atoms with E-state index in [0.717, 1.165) is 0 Å². The van der Waals surface area contributed by atoms with E-state index < -0.39 is 22.3 Å². The second kappa shape index (κ2) is 5.06. The Morgan fingerprint density at radius 2 is 1.88 bits per heavy atom. The van der Waals surface area contributed by atoms with Crippen molar-refractivity contribution in [1.29, 1.82) is 0 Å². The molecule has 0 unspecified atom stereocenters. The topological polar surface area (TPSA) is 104 Å². The van der Waals surface area contributed by atoms with Gasteiger partial charge in [0, 0.05) is 0 Å². The molecule has 88 valence electrons. The number of carboxylic acid groups (broad SMARTS) is 1. The lowest BCUT2D eigenvalue weighted by atomic mass is 10.1. The van der Waals surface area contributed by atoms with Gasteiger partial charge in [-0.2, -0.15) is 13.1 Å². The summed E-state index contributed by atoms with van der Waals surface area (Å²) in [7, 11) is -4.52. The van der Waals surface area contributed by atoms with E-state index in [9.17, 15) is 13.2 Å². The Morgan fingerprint density at radius 3 is 2.31 bits per heavy atom. The van der Waals surface area contributed by atoms with Crippen molar-refractivity contribution < 1.29 is 22.9 Å². The van der Waals surface area contributed by atoms with Crippen LogP contribution in [0.5, 0.6) is 0 Å². The Bertz CT molecular complexity index is 456. The van der Waals surface area contributed by atoms with Crippen molar-refractivity contribution in [2.75, 3.05) is 0 Å². The lowest BCUT2D eigenvalue weighted by molar-refractivity contribution is -0.139. The van der Waals surface area contributed by atoms with Crippen molar-refractivity contribution in [3.8, 4) is 0 Å². The quantitative estimate of drug-likeness (QED) is 0.637. The molecule has 7 heteroatoms. The molecule has 0 fully saturated rings. The summed E-state index contributed by atoms with van der Waals surface area (Å²) in [5, 5.41) is 8.76. The summed E-state index contributed by atoms with van der Waals surface area (Å²) in [6, 6.07) is 7.14. The maximum atomic E-state index is 10.7. The summed E-state index contributed by atoms with van der Waals surface area (Å²) >= 11 is 0. The molecule has 3 N–H and O–H groups in total. The molecule has 0 aromatic heterocycles. The van der Waals surface area contributed by atoms with E-state index in [4.69, 9.17) is 9.66 Å². The molecule has 0 saturated carbocycles. The highest BCUT2D eigenvalue weighted by Crippen LogP contribution is 2.04. The van der Waals surface area contributed by atoms with Gasteiger partial charge in [-0.3, -0.25) is 9.35 Å². The smallest absolute Gasteiger partial charge is 0.334 e. The molecule has 6 nitrogen and oxygen atoms in total. The number of aliphatic carboxylic acids is 1. The second-order valence-electron chi connectivity index (χ2n) is 3.17. The maximum absolute atomic E-state index is 10.7. The molecule has 1 rings (SSSR count). The predicted octanol–water partition coefficient (Wildman–Crippen LogP) is 0.0747. The summed E-state index contributed by atoms with van der Waals surface area (Å²) in [6.45, 7) is 0. The number of hydrogen-bond acceptors (Lipinski definition) is 3. The van der Waals surface area contributed by atoms with Gasteiger partial charge in [0.1, 0.15) is 6.04 Å². The first-order valence-electron chi connectivity index (χ1n) is 4.40. The zero-order valence-corrected chi connectivity index (χ0v) is 9.02. The molecule has 1 aromatic rings. The molecule has 0 bridgehead atoms. The lowest BCUT2D eigenvalue weighted by Crippen LogP contribution is -2.41. The van der Waals surface area contributed by atoms with E-state index in [1.807, 2.05) is 0 Å². The molecular weight excluding hydrogens is 234 g/mol. The van der Waals surface area contributed by atoms with Gasteiger partial charge in [0.15, 0.2) is 0 Å². The summed E-state index contributed by atoms with van der Waals surface area (Å²) < 4.78 is 31.2. The maximum Gasteiger partial charge on any atom is 0.334 e. The van der Waals surface area contributed by atoms with Crippen molar-refractivity contribution in [2.24, 2.45) is 0 Å². The fourth-order valence-electron chi connectivity index (χ4n) is 1.21. The van der Waals surface area contributed by atoms with Crippen LogP contribution >= 0.6 is 0 Å². The van der Waals surface area contributed by atoms with Crippen LogP contribution in [-0.4, -0.2) is 30.1 Å². The first-order valence-corrected chi connectivity index (χ1v) is 5.84. The van der Waals surface area contributed by atoms with Crippen LogP contribution in [0.25, 0.3) is 0 Å². The Labute approximate surface area is 92.8 Å². The van der Waals surface area contributed by atoms with Gasteiger partial charge in [0.25, 0.3) is 0 Å². The fraction of sp³-hybridized carbons (Fsp3) is 0.222. The van der Waals surface area contributed by atoms with Gasteiger partial charge in [-0.25, -0.2) is 0 Å². The van der Waals surface area contributed by atoms with Gasteiger partial charge in [-0.15, -0.1) is 0 Å². The molecule has 0 amide bonds. The van der Waals surface area contributed by atoms with Crippen molar-refractivity contribution in [1.82, 2.24) is 4.72 Å². The third-order valence-electron chi connectivity index (χ3n) is 1.87. The first kappa shape index (κ1) is 12.6. The fourth-order valence-corrected chi connectivity index (χ4v) is 1.75. The number of rotatable bonds is 5. The predicted molar refractivity (Wildman–Crippen MR) is 56.3 cm³/mol. The van der Waals surface area contributed by atoms with Gasteiger partial charge in [0.2, 0.25) is 0 Å². The standard InChI is InChI=1S/C9H11NO5S/c11-9(12)8(10-16(13,14)15)6-7-4-2-1-3-5-7/h1-5,8,10H,6H2,(H,11,12)(H,13,14,15)/t8-/m0/s1. The highest BCUT2D eigenvalue weighted by Gasteiger charge is 2.22. The van der Waals surface area contributed by atoms with Crippen LogP contribution in [0.15, 0.2) is 30.3 Å². The number of nitrogens with one attached hydrogen (secondary N) is 1. The molecule has 0 radical (unpaired) electrons. The molecule has 0 aliphatic rings. The average Bonchev–Trinajstić information content (AvgIpc) is 2.16. The number of carbonyl (C=O) groups is 1. The van der Waals surface area contributed by atoms with Gasteiger partial charge >= 0.3 is 16.3 Å². The molecule has 0 saturated heterocycles. The highest BCUT2D eigenvalue weighted by molar-refractivity contribution is 7.83. The van der Waals surface area contributed by atoms with E-state index in [-0.39, 0.29) is 6.42 Å². The molecule has 0 heterocycles. The lowest BCUT2D eigenvalue weighted by Gasteiger charge is -2.11. The van der Waals surface area contributed by atoms with E-state index in [2.05, 4.69) is 0 Å². The molecule has 0 aliphatic carbocycles. The van der Waals surface area contributed by atoms with Crippen LogP contribution in [-0.2, 0) is 21.5 Å². The van der Waals surface area contributed by atoms with E-state index >= 15 is 0 Å². The van der Waals surface area contributed by atoms with E-state index in [1.54, 1.807) is 35.1 Å². The highest BCUT2D eigenvalue weighted by atomic mass is 32.2. The van der Waals surface area contributed by atoms with Crippen molar-refractivity contribution in [3.05, 3.63) is 35.9 Å².